The molecule has 0 fully saturated rings. The normalized spacial score (nSPS) is 13.0. The third-order valence-electron chi connectivity index (χ3n) is 10.8. The molecule has 0 aromatic heterocycles. The summed E-state index contributed by atoms with van der Waals surface area (Å²) in [5, 5.41) is 0. The number of carbonyl (C=O) groups excluding carboxylic acids is 3. The maximum absolute atomic E-state index is 12.8. The molecule has 0 aliphatic rings. The Kier molecular flexibility index (Phi) is 49.5. The van der Waals surface area contributed by atoms with Crippen LogP contribution in [0.3, 0.4) is 0 Å². The molecule has 0 saturated heterocycles. The molecular formula is C59H96O6. The molecule has 0 spiro atoms. The molecule has 6 heteroatoms. The Labute approximate surface area is 400 Å². The highest BCUT2D eigenvalue weighted by Crippen LogP contribution is 2.13. The quantitative estimate of drug-likeness (QED) is 0.0262. The molecule has 65 heavy (non-hydrogen) atoms. The van der Waals surface area contributed by atoms with Crippen LogP contribution in [0.15, 0.2) is 109 Å². The fourth-order valence-electron chi connectivity index (χ4n) is 6.81. The molecule has 0 radical (unpaired) electrons. The average Bonchev–Trinajstić information content (AvgIpc) is 3.30. The van der Waals surface area contributed by atoms with E-state index in [0.29, 0.717) is 19.3 Å². The van der Waals surface area contributed by atoms with Crippen molar-refractivity contribution in [2.45, 2.75) is 232 Å². The summed E-state index contributed by atoms with van der Waals surface area (Å²) >= 11 is 0. The van der Waals surface area contributed by atoms with Crippen LogP contribution in [-0.2, 0) is 28.6 Å². The van der Waals surface area contributed by atoms with E-state index in [1.54, 1.807) is 0 Å². The predicted octanol–water partition coefficient (Wildman–Crippen LogP) is 17.5. The lowest BCUT2D eigenvalue weighted by Gasteiger charge is -2.18. The van der Waals surface area contributed by atoms with Crippen molar-refractivity contribution in [1.82, 2.24) is 0 Å². The minimum absolute atomic E-state index is 0.111. The standard InChI is InChI=1S/C59H96O6/c1-4-7-10-13-16-19-22-24-26-28-29-31-32-34-37-40-43-46-49-52-58(61)64-55-56(54-63-57(60)51-48-45-42-39-36-21-18-15-12-9-6-3)65-59(62)53-50-47-44-41-38-35-33-30-27-25-23-20-17-14-11-8-5-2/h8,11,16-17,19-20,24-27,29,31,33-35,37,41,44,56H,4-7,9-10,12-15,18,21-23,28,30,32,36,38-40,42-43,45-55H2,1-3H3/b11-8-,19-16-,20-17-,26-24-,27-25-,31-29-,35-33-,37-34-,44-41-/t56-/m0/s1. The highest BCUT2D eigenvalue weighted by Gasteiger charge is 2.19. The van der Waals surface area contributed by atoms with Crippen LogP contribution < -0.4 is 0 Å². The Morgan fingerprint density at radius 3 is 1.02 bits per heavy atom. The van der Waals surface area contributed by atoms with Gasteiger partial charge in [0.15, 0.2) is 6.10 Å². The lowest BCUT2D eigenvalue weighted by Crippen LogP contribution is -2.30. The van der Waals surface area contributed by atoms with E-state index in [4.69, 9.17) is 14.2 Å². The lowest BCUT2D eigenvalue weighted by molar-refractivity contribution is -0.167. The minimum atomic E-state index is -0.820. The molecule has 1 atom stereocenters. The van der Waals surface area contributed by atoms with Gasteiger partial charge in [-0.1, -0.05) is 214 Å². The molecular weight excluding hydrogens is 805 g/mol. The Morgan fingerprint density at radius 2 is 0.615 bits per heavy atom. The van der Waals surface area contributed by atoms with Gasteiger partial charge in [0, 0.05) is 19.3 Å². The topological polar surface area (TPSA) is 78.9 Å². The lowest BCUT2D eigenvalue weighted by atomic mass is 10.1. The maximum atomic E-state index is 12.8. The van der Waals surface area contributed by atoms with Crippen molar-refractivity contribution in [1.29, 1.82) is 0 Å². The van der Waals surface area contributed by atoms with Crippen LogP contribution in [0.4, 0.5) is 0 Å². The van der Waals surface area contributed by atoms with Gasteiger partial charge in [-0.2, -0.15) is 0 Å². The maximum Gasteiger partial charge on any atom is 0.306 e. The van der Waals surface area contributed by atoms with Crippen molar-refractivity contribution < 1.29 is 28.6 Å². The minimum Gasteiger partial charge on any atom is -0.462 e. The Bertz CT molecular complexity index is 1360. The Balaban J connectivity index is 4.53. The van der Waals surface area contributed by atoms with Crippen molar-refractivity contribution in [3.8, 4) is 0 Å². The Hall–Kier alpha value is -3.93. The van der Waals surface area contributed by atoms with Crippen LogP contribution >= 0.6 is 0 Å². The van der Waals surface area contributed by atoms with E-state index in [2.05, 4.69) is 130 Å². The van der Waals surface area contributed by atoms with E-state index in [-0.39, 0.29) is 37.5 Å². The molecule has 0 rings (SSSR count). The van der Waals surface area contributed by atoms with Gasteiger partial charge in [0.05, 0.1) is 0 Å². The van der Waals surface area contributed by atoms with Gasteiger partial charge in [-0.15, -0.1) is 0 Å². The van der Waals surface area contributed by atoms with Gasteiger partial charge in [-0.25, -0.2) is 0 Å². The molecule has 6 nitrogen and oxygen atoms in total. The second-order valence-electron chi connectivity index (χ2n) is 17.1. The number of esters is 3. The number of hydrogen-bond donors (Lipinski definition) is 0. The number of rotatable bonds is 46. The molecule has 0 N–H and O–H groups in total. The molecule has 0 saturated carbocycles. The second kappa shape index (κ2) is 52.7. The summed E-state index contributed by atoms with van der Waals surface area (Å²) in [6.45, 7) is 6.40. The SMILES string of the molecule is CC/C=C\C/C=C\C/C=C\C/C=C\C/C=C\CCCC(=O)O[C@H](COC(=O)CCCCC/C=C\C/C=C\C/C=C\C/C=C\CCCCC)COC(=O)CCCCCCCCCCCCC. The largest absolute Gasteiger partial charge is 0.462 e. The van der Waals surface area contributed by atoms with Gasteiger partial charge in [0.2, 0.25) is 0 Å². The molecule has 0 aromatic carbocycles. The van der Waals surface area contributed by atoms with Crippen LogP contribution in [0, 0.1) is 0 Å². The fourth-order valence-corrected chi connectivity index (χ4v) is 6.81. The smallest absolute Gasteiger partial charge is 0.306 e. The van der Waals surface area contributed by atoms with Crippen molar-refractivity contribution in [3.05, 3.63) is 109 Å². The number of carbonyl (C=O) groups is 3. The summed E-state index contributed by atoms with van der Waals surface area (Å²) in [6, 6.07) is 0. The molecule has 0 unspecified atom stereocenters. The molecule has 0 aliphatic carbocycles. The van der Waals surface area contributed by atoms with Crippen LogP contribution in [-0.4, -0.2) is 37.2 Å². The molecule has 0 bridgehead atoms. The number of ether oxygens (including phenoxy) is 3. The zero-order valence-electron chi connectivity index (χ0n) is 42.0. The van der Waals surface area contributed by atoms with E-state index >= 15 is 0 Å². The van der Waals surface area contributed by atoms with Gasteiger partial charge in [-0.05, 0) is 103 Å². The van der Waals surface area contributed by atoms with Gasteiger partial charge < -0.3 is 14.2 Å². The first kappa shape index (κ1) is 61.1. The van der Waals surface area contributed by atoms with Crippen molar-refractivity contribution in [3.63, 3.8) is 0 Å². The van der Waals surface area contributed by atoms with Crippen LogP contribution in [0.5, 0.6) is 0 Å². The third-order valence-corrected chi connectivity index (χ3v) is 10.8. The van der Waals surface area contributed by atoms with E-state index < -0.39 is 6.10 Å². The van der Waals surface area contributed by atoms with Gasteiger partial charge in [0.1, 0.15) is 13.2 Å². The fraction of sp³-hybridized carbons (Fsp3) is 0.644. The summed E-state index contributed by atoms with van der Waals surface area (Å²) in [4.78, 5) is 38.0. The molecule has 368 valence electrons. The van der Waals surface area contributed by atoms with E-state index in [1.807, 2.05) is 0 Å². The molecule has 0 aliphatic heterocycles. The summed E-state index contributed by atoms with van der Waals surface area (Å²) in [5.41, 5.74) is 0. The van der Waals surface area contributed by atoms with Crippen molar-refractivity contribution in [2.75, 3.05) is 13.2 Å². The van der Waals surface area contributed by atoms with Crippen LogP contribution in [0.1, 0.15) is 226 Å². The molecule has 0 heterocycles. The summed E-state index contributed by atoms with van der Waals surface area (Å²) in [7, 11) is 0. The highest BCUT2D eigenvalue weighted by atomic mass is 16.6. The van der Waals surface area contributed by atoms with Gasteiger partial charge in [-0.3, -0.25) is 14.4 Å². The number of hydrogen-bond acceptors (Lipinski definition) is 6. The summed E-state index contributed by atoms with van der Waals surface area (Å²) in [6.07, 6.45) is 70.8. The first-order valence-corrected chi connectivity index (χ1v) is 26.4. The highest BCUT2D eigenvalue weighted by molar-refractivity contribution is 5.71. The predicted molar refractivity (Wildman–Crippen MR) is 279 cm³/mol. The Morgan fingerprint density at radius 1 is 0.323 bits per heavy atom. The van der Waals surface area contributed by atoms with Crippen LogP contribution in [0.2, 0.25) is 0 Å². The summed E-state index contributed by atoms with van der Waals surface area (Å²) < 4.78 is 16.7. The zero-order valence-corrected chi connectivity index (χ0v) is 42.0. The zero-order chi connectivity index (χ0) is 47.2. The first-order chi connectivity index (χ1) is 32.0. The van der Waals surface area contributed by atoms with Crippen LogP contribution in [0.25, 0.3) is 0 Å². The van der Waals surface area contributed by atoms with Crippen molar-refractivity contribution in [2.24, 2.45) is 0 Å². The van der Waals surface area contributed by atoms with E-state index in [0.717, 1.165) is 103 Å². The number of unbranched alkanes of at least 4 members (excludes halogenated alkanes) is 17. The number of allylic oxidation sites excluding steroid dienone is 18. The first-order valence-electron chi connectivity index (χ1n) is 26.4. The monoisotopic (exact) mass is 901 g/mol. The summed E-state index contributed by atoms with van der Waals surface area (Å²) in [5.74, 6) is -1.01. The van der Waals surface area contributed by atoms with E-state index in [1.165, 1.54) is 77.0 Å². The molecule has 0 aromatic rings. The average molecular weight is 901 g/mol. The van der Waals surface area contributed by atoms with Gasteiger partial charge >= 0.3 is 17.9 Å². The molecule has 0 amide bonds. The third kappa shape index (κ3) is 50.9. The van der Waals surface area contributed by atoms with Crippen molar-refractivity contribution >= 4 is 17.9 Å². The second-order valence-corrected chi connectivity index (χ2v) is 17.1. The van der Waals surface area contributed by atoms with Gasteiger partial charge in [0.25, 0.3) is 0 Å². The van der Waals surface area contributed by atoms with E-state index in [9.17, 15) is 14.4 Å².